The molecule has 0 radical (unpaired) electrons. The Morgan fingerprint density at radius 1 is 0.529 bits per heavy atom. The minimum absolute atomic E-state index is 0.489. The molecule has 0 saturated heterocycles. The van der Waals surface area contributed by atoms with Gasteiger partial charge in [0, 0.05) is 29.3 Å². The highest BCUT2D eigenvalue weighted by Gasteiger charge is 2.53. The normalized spacial score (nSPS) is 17.2. The zero-order valence-corrected chi connectivity index (χ0v) is 28.0. The largest absolute Gasteiger partial charge is 0.459 e. The Kier molecular flexibility index (Phi) is 5.73. The molecule has 8 aromatic carbocycles. The van der Waals surface area contributed by atoms with Crippen LogP contribution in [0.3, 0.4) is 0 Å². The SMILES string of the molecule is CN=C(NC1(c2cccc3c2-c2ccccc2C32c3cccc4ccc5cccc2c5c34)Oc2ccccc2-c2cccc1c2)c1ccccc1. The summed E-state index contributed by atoms with van der Waals surface area (Å²) >= 11 is 0. The van der Waals surface area contributed by atoms with E-state index in [-0.39, 0.29) is 0 Å². The average Bonchev–Trinajstić information content (AvgIpc) is 3.65. The Bertz CT molecular complexity index is 2720. The second kappa shape index (κ2) is 10.3. The molecular weight excluding hydrogens is 621 g/mol. The summed E-state index contributed by atoms with van der Waals surface area (Å²) in [6, 6.07) is 61.6. The molecule has 8 aromatic rings. The van der Waals surface area contributed by atoms with Crippen molar-refractivity contribution in [1.29, 1.82) is 0 Å². The number of nitrogens with zero attached hydrogens (tertiary/aromatic N) is 1. The van der Waals surface area contributed by atoms with Gasteiger partial charge in [-0.15, -0.1) is 0 Å². The molecule has 2 bridgehead atoms. The van der Waals surface area contributed by atoms with Gasteiger partial charge in [0.1, 0.15) is 11.6 Å². The number of nitrogens with one attached hydrogen (secondary N) is 1. The average molecular weight is 653 g/mol. The molecule has 11 rings (SSSR count). The van der Waals surface area contributed by atoms with E-state index in [2.05, 4.69) is 169 Å². The van der Waals surface area contributed by atoms with Crippen molar-refractivity contribution in [3.05, 3.63) is 209 Å². The van der Waals surface area contributed by atoms with Crippen molar-refractivity contribution >= 4 is 27.4 Å². The van der Waals surface area contributed by atoms with Crippen LogP contribution in [0.25, 0.3) is 43.8 Å². The van der Waals surface area contributed by atoms with Gasteiger partial charge in [-0.05, 0) is 72.6 Å². The highest BCUT2D eigenvalue weighted by molar-refractivity contribution is 6.17. The summed E-state index contributed by atoms with van der Waals surface area (Å²) in [5.74, 6) is 1.57. The molecule has 51 heavy (non-hydrogen) atoms. The molecule has 0 saturated carbocycles. The van der Waals surface area contributed by atoms with Gasteiger partial charge in [-0.2, -0.15) is 0 Å². The lowest BCUT2D eigenvalue weighted by atomic mass is 9.70. The molecule has 3 aliphatic rings. The van der Waals surface area contributed by atoms with Crippen LogP contribution in [-0.4, -0.2) is 12.9 Å². The number of hydrogen-bond donors (Lipinski definition) is 1. The zero-order valence-electron chi connectivity index (χ0n) is 28.0. The molecule has 0 aromatic heterocycles. The van der Waals surface area contributed by atoms with Crippen LogP contribution in [-0.2, 0) is 11.1 Å². The molecule has 1 N–H and O–H groups in total. The maximum Gasteiger partial charge on any atom is 0.235 e. The molecule has 1 aliphatic heterocycles. The first-order valence-corrected chi connectivity index (χ1v) is 17.6. The number of benzene rings is 8. The molecular formula is C48H32N2O. The van der Waals surface area contributed by atoms with Gasteiger partial charge in [-0.1, -0.05) is 158 Å². The van der Waals surface area contributed by atoms with Crippen molar-refractivity contribution in [2.45, 2.75) is 11.1 Å². The molecule has 1 spiro atoms. The van der Waals surface area contributed by atoms with Gasteiger partial charge in [0.2, 0.25) is 5.72 Å². The van der Waals surface area contributed by atoms with Crippen LogP contribution in [0, 0.1) is 0 Å². The highest BCUT2D eigenvalue weighted by atomic mass is 16.5. The number of rotatable bonds is 3. The molecule has 1 unspecified atom stereocenters. The number of hydrogen-bond acceptors (Lipinski definition) is 2. The molecule has 3 heteroatoms. The standard InChI is InChI=1S/C48H32N2O/c1-49-46(32-13-3-2-4-14-32)50-48(34-18-9-17-33(29-34)35-19-6-8-26-42(35)51-48)41-25-12-24-40-45(41)36-20-5-7-21-37(36)47(40)38-22-10-15-30-27-28-31-16-11-23-39(47)44(31)43(30)38/h2-29H,1H3,(H,49,50). The van der Waals surface area contributed by atoms with E-state index in [0.717, 1.165) is 39.4 Å². The van der Waals surface area contributed by atoms with E-state index in [0.29, 0.717) is 0 Å². The van der Waals surface area contributed by atoms with Crippen LogP contribution >= 0.6 is 0 Å². The predicted octanol–water partition coefficient (Wildman–Crippen LogP) is 10.6. The molecule has 1 atom stereocenters. The van der Waals surface area contributed by atoms with E-state index in [4.69, 9.17) is 9.73 Å². The number of aliphatic imine (C=N–C) groups is 1. The molecule has 240 valence electrons. The molecule has 3 nitrogen and oxygen atoms in total. The van der Waals surface area contributed by atoms with Crippen molar-refractivity contribution in [1.82, 2.24) is 5.32 Å². The summed E-state index contributed by atoms with van der Waals surface area (Å²) < 4.78 is 7.51. The summed E-state index contributed by atoms with van der Waals surface area (Å²) in [5.41, 5.74) is 11.3. The zero-order chi connectivity index (χ0) is 33.7. The van der Waals surface area contributed by atoms with Gasteiger partial charge in [0.25, 0.3) is 0 Å². The minimum Gasteiger partial charge on any atom is -0.459 e. The Morgan fingerprint density at radius 2 is 1.14 bits per heavy atom. The Labute approximate surface area is 296 Å². The summed E-state index contributed by atoms with van der Waals surface area (Å²) in [6.45, 7) is 0. The fourth-order valence-electron chi connectivity index (χ4n) is 9.45. The summed E-state index contributed by atoms with van der Waals surface area (Å²) in [5, 5.41) is 9.22. The number of para-hydroxylation sites is 1. The minimum atomic E-state index is -1.14. The predicted molar refractivity (Wildman–Crippen MR) is 208 cm³/mol. The lowest BCUT2D eigenvalue weighted by Crippen LogP contribution is -2.51. The fraction of sp³-hybridized carbons (Fsp3) is 0.0625. The van der Waals surface area contributed by atoms with Crippen LogP contribution in [0.4, 0.5) is 0 Å². The topological polar surface area (TPSA) is 33.6 Å². The van der Waals surface area contributed by atoms with Crippen molar-refractivity contribution < 1.29 is 4.74 Å². The third-order valence-corrected chi connectivity index (χ3v) is 11.4. The summed E-state index contributed by atoms with van der Waals surface area (Å²) in [7, 11) is 1.85. The van der Waals surface area contributed by atoms with E-state index < -0.39 is 11.1 Å². The number of amidine groups is 1. The smallest absolute Gasteiger partial charge is 0.235 e. The highest BCUT2D eigenvalue weighted by Crippen LogP contribution is 2.64. The van der Waals surface area contributed by atoms with Gasteiger partial charge in [-0.25, -0.2) is 0 Å². The Morgan fingerprint density at radius 3 is 1.90 bits per heavy atom. The van der Waals surface area contributed by atoms with Gasteiger partial charge in [0.15, 0.2) is 0 Å². The Balaban J connectivity index is 1.27. The quantitative estimate of drug-likeness (QED) is 0.117. The number of fused-ring (bicyclic) bond motifs is 11. The van der Waals surface area contributed by atoms with E-state index in [1.54, 1.807) is 0 Å². The molecule has 2 aliphatic carbocycles. The second-order valence-corrected chi connectivity index (χ2v) is 13.8. The van der Waals surface area contributed by atoms with Crippen molar-refractivity contribution in [3.8, 4) is 28.0 Å². The van der Waals surface area contributed by atoms with Gasteiger partial charge in [0.05, 0.1) is 5.41 Å². The lowest BCUT2D eigenvalue weighted by Gasteiger charge is -2.38. The monoisotopic (exact) mass is 652 g/mol. The van der Waals surface area contributed by atoms with Gasteiger partial charge < -0.3 is 10.1 Å². The van der Waals surface area contributed by atoms with Crippen LogP contribution in [0.15, 0.2) is 175 Å². The maximum absolute atomic E-state index is 7.51. The first-order valence-electron chi connectivity index (χ1n) is 17.6. The number of ether oxygens (including phenoxy) is 1. The van der Waals surface area contributed by atoms with Crippen molar-refractivity contribution in [3.63, 3.8) is 0 Å². The summed E-state index contributed by atoms with van der Waals surface area (Å²) in [4.78, 5) is 4.86. The van der Waals surface area contributed by atoms with Crippen LogP contribution < -0.4 is 10.1 Å². The van der Waals surface area contributed by atoms with E-state index >= 15 is 0 Å². The molecule has 0 fully saturated rings. The first kappa shape index (κ1) is 28.4. The Hall–Kier alpha value is -6.45. The fourth-order valence-corrected chi connectivity index (χ4v) is 9.45. The molecule has 1 heterocycles. The second-order valence-electron chi connectivity index (χ2n) is 13.8. The molecule has 0 amide bonds. The van der Waals surface area contributed by atoms with Crippen LogP contribution in [0.5, 0.6) is 5.75 Å². The van der Waals surface area contributed by atoms with E-state index in [1.165, 1.54) is 54.9 Å². The van der Waals surface area contributed by atoms with Gasteiger partial charge >= 0.3 is 0 Å². The lowest BCUT2D eigenvalue weighted by molar-refractivity contribution is 0.0968. The van der Waals surface area contributed by atoms with Crippen LogP contribution in [0.1, 0.15) is 38.9 Å². The third-order valence-electron chi connectivity index (χ3n) is 11.4. The van der Waals surface area contributed by atoms with Crippen molar-refractivity contribution in [2.75, 3.05) is 7.05 Å². The van der Waals surface area contributed by atoms with Gasteiger partial charge in [-0.3, -0.25) is 4.99 Å². The van der Waals surface area contributed by atoms with E-state index in [1.807, 2.05) is 13.1 Å². The third kappa shape index (κ3) is 3.60. The maximum atomic E-state index is 7.51. The van der Waals surface area contributed by atoms with Crippen LogP contribution in [0.2, 0.25) is 0 Å². The van der Waals surface area contributed by atoms with E-state index in [9.17, 15) is 0 Å². The summed E-state index contributed by atoms with van der Waals surface area (Å²) in [6.07, 6.45) is 0. The van der Waals surface area contributed by atoms with Crippen molar-refractivity contribution in [2.24, 2.45) is 4.99 Å². The first-order chi connectivity index (χ1) is 25.2.